The van der Waals surface area contributed by atoms with Gasteiger partial charge in [-0.05, 0) is 42.4 Å². The fraction of sp³-hybridized carbons (Fsp3) is 0. The molecule has 0 N–H and O–H groups in total. The molecule has 4 aromatic heterocycles. The van der Waals surface area contributed by atoms with Gasteiger partial charge in [0, 0.05) is 37.9 Å². The smallest absolute Gasteiger partial charge is 0.240 e. The Morgan fingerprint density at radius 2 is 1.04 bits per heavy atom. The Labute approximate surface area is 273 Å². The minimum atomic E-state index is -0.421. The summed E-state index contributed by atoms with van der Waals surface area (Å²) in [4.78, 5) is 14.5. The number of rotatable bonds is 3. The molecule has 0 saturated carbocycles. The van der Waals surface area contributed by atoms with Crippen LogP contribution in [0.1, 0.15) is 16.4 Å². The van der Waals surface area contributed by atoms with Crippen molar-refractivity contribution in [3.05, 3.63) is 139 Å². The first-order valence-electron chi connectivity index (χ1n) is 20.0. The molecule has 0 aliphatic heterocycles. The maximum atomic E-state index is 9.02. The van der Waals surface area contributed by atoms with Gasteiger partial charge in [-0.15, -0.1) is 0 Å². The Kier molecular flexibility index (Phi) is 3.13. The largest absolute Gasteiger partial charge is 0.456 e. The summed E-state index contributed by atoms with van der Waals surface area (Å²) in [7, 11) is 0. The van der Waals surface area contributed by atoms with E-state index in [1.54, 1.807) is 12.1 Å². The van der Waals surface area contributed by atoms with Gasteiger partial charge >= 0.3 is 0 Å². The van der Waals surface area contributed by atoms with E-state index in [2.05, 4.69) is 0 Å². The van der Waals surface area contributed by atoms with Crippen molar-refractivity contribution < 1.29 is 20.9 Å². The predicted molar refractivity (Wildman–Crippen MR) is 181 cm³/mol. The Morgan fingerprint density at radius 3 is 1.73 bits per heavy atom. The average Bonchev–Trinajstić information content (AvgIpc) is 3.86. The number of aromatic nitrogens is 5. The van der Waals surface area contributed by atoms with Crippen molar-refractivity contribution in [1.29, 1.82) is 0 Å². The fourth-order valence-corrected chi connectivity index (χ4v) is 6.00. The molecule has 6 nitrogen and oxygen atoms in total. The maximum absolute atomic E-state index is 9.02. The van der Waals surface area contributed by atoms with Gasteiger partial charge in [0.05, 0.1) is 38.5 Å². The number of fused-ring (bicyclic) bond motifs is 9. The lowest BCUT2D eigenvalue weighted by Crippen LogP contribution is -2.10. The minimum absolute atomic E-state index is 0.00846. The molecule has 0 aliphatic rings. The van der Waals surface area contributed by atoms with E-state index in [9.17, 15) is 0 Å². The van der Waals surface area contributed by atoms with E-state index < -0.39 is 12.1 Å². The third-order valence-electron chi connectivity index (χ3n) is 7.93. The third-order valence-corrected chi connectivity index (χ3v) is 7.93. The number of benzene rings is 6. The van der Waals surface area contributed by atoms with Crippen molar-refractivity contribution in [3.8, 4) is 23.3 Å². The van der Waals surface area contributed by atoms with Crippen LogP contribution in [0.15, 0.2) is 144 Å². The second-order valence-electron chi connectivity index (χ2n) is 10.4. The highest BCUT2D eigenvalue weighted by Gasteiger charge is 2.20. The van der Waals surface area contributed by atoms with Crippen molar-refractivity contribution in [1.82, 2.24) is 24.1 Å². The van der Waals surface area contributed by atoms with Gasteiger partial charge < -0.3 is 4.42 Å². The first kappa shape index (κ1) is 15.5. The molecule has 0 radical (unpaired) electrons. The molecule has 0 saturated heterocycles. The molecule has 0 unspecified atom stereocenters. The summed E-state index contributed by atoms with van der Waals surface area (Å²) in [6, 6.07) is 13.9. The zero-order valence-corrected chi connectivity index (χ0v) is 23.0. The standard InChI is InChI=1S/C39H23N5O/c1-6-16-31-25(11-1)26-12-2-7-17-32(26)43(31)38-40-37(24-21-22-30-29-15-5-10-20-35(29)45-36(30)23-24)41-39(42-38)44-33-18-8-3-13-27(33)28-14-4-9-19-34(28)44/h1-23H/i1D,2D,3D,4D,6D,11D,12D,13D,14D,17D,18D,19D. The van der Waals surface area contributed by atoms with Gasteiger partial charge in [-0.2, -0.15) is 15.0 Å². The van der Waals surface area contributed by atoms with E-state index in [0.717, 1.165) is 22.9 Å². The lowest BCUT2D eigenvalue weighted by molar-refractivity contribution is 0.669. The summed E-state index contributed by atoms with van der Waals surface area (Å²) in [6.45, 7) is 0. The molecular formula is C39H23N5O. The molecule has 0 fully saturated rings. The summed E-state index contributed by atoms with van der Waals surface area (Å²) < 4.78 is 114. The monoisotopic (exact) mass is 589 g/mol. The van der Waals surface area contributed by atoms with E-state index in [1.807, 2.05) is 30.3 Å². The van der Waals surface area contributed by atoms with Crippen molar-refractivity contribution in [3.63, 3.8) is 0 Å². The van der Waals surface area contributed by atoms with E-state index in [0.29, 0.717) is 16.7 Å². The summed E-state index contributed by atoms with van der Waals surface area (Å²) in [5.74, 6) is -0.382. The molecule has 0 amide bonds. The molecular weight excluding hydrogens is 554 g/mol. The van der Waals surface area contributed by atoms with Gasteiger partial charge in [-0.25, -0.2) is 0 Å². The molecule has 0 bridgehead atoms. The SMILES string of the molecule is [2H]c1cc2c(c([2H])c1[2H])c1c([2H])c([2H])cc([2H])c1n2-c1nc(-c2ccc3c(c2)oc2ccccc23)nc(-n2c3c([2H])cc([2H])c([2H])c3c3c([2H])c([2H])cc([2H])c32)n1. The molecule has 0 atom stereocenters. The fourth-order valence-electron chi connectivity index (χ4n) is 6.00. The van der Waals surface area contributed by atoms with Gasteiger partial charge in [-0.1, -0.05) is 96.8 Å². The normalized spacial score (nSPS) is 15.7. The van der Waals surface area contributed by atoms with Crippen LogP contribution in [-0.2, 0) is 0 Å². The Bertz CT molecular complexity index is 3390. The van der Waals surface area contributed by atoms with Crippen LogP contribution in [0.4, 0.5) is 0 Å². The molecule has 6 aromatic carbocycles. The van der Waals surface area contributed by atoms with Gasteiger partial charge in [0.1, 0.15) is 11.2 Å². The second kappa shape index (κ2) is 9.11. The lowest BCUT2D eigenvalue weighted by Gasteiger charge is -2.12. The van der Waals surface area contributed by atoms with Crippen LogP contribution >= 0.6 is 0 Å². The highest BCUT2D eigenvalue weighted by Crippen LogP contribution is 2.35. The Hall–Kier alpha value is -6.27. The number of hydrogen-bond donors (Lipinski definition) is 0. The van der Waals surface area contributed by atoms with Crippen LogP contribution in [0.5, 0.6) is 0 Å². The molecule has 0 spiro atoms. The summed E-state index contributed by atoms with van der Waals surface area (Å²) >= 11 is 0. The van der Waals surface area contributed by atoms with Crippen LogP contribution < -0.4 is 0 Å². The molecule has 10 rings (SSSR count). The van der Waals surface area contributed by atoms with Crippen LogP contribution in [0.3, 0.4) is 0 Å². The van der Waals surface area contributed by atoms with E-state index >= 15 is 0 Å². The van der Waals surface area contributed by atoms with Crippen molar-refractivity contribution in [2.75, 3.05) is 0 Å². The number of nitrogens with zero attached hydrogens (tertiary/aromatic N) is 5. The van der Waals surface area contributed by atoms with Crippen molar-refractivity contribution >= 4 is 65.6 Å². The Morgan fingerprint density at radius 1 is 0.467 bits per heavy atom. The molecule has 45 heavy (non-hydrogen) atoms. The Balaban J connectivity index is 1.40. The zero-order chi connectivity index (χ0) is 39.9. The van der Waals surface area contributed by atoms with Crippen LogP contribution in [0.2, 0.25) is 0 Å². The predicted octanol–water partition coefficient (Wildman–Crippen LogP) is 9.63. The number of furan rings is 1. The van der Waals surface area contributed by atoms with Crippen molar-refractivity contribution in [2.45, 2.75) is 0 Å². The minimum Gasteiger partial charge on any atom is -0.456 e. The highest BCUT2D eigenvalue weighted by atomic mass is 16.3. The summed E-state index contributed by atoms with van der Waals surface area (Å²) in [6.07, 6.45) is 0. The van der Waals surface area contributed by atoms with E-state index in [4.69, 9.17) is 35.8 Å². The van der Waals surface area contributed by atoms with Crippen LogP contribution in [-0.4, -0.2) is 24.1 Å². The molecule has 10 aromatic rings. The van der Waals surface area contributed by atoms with Gasteiger partial charge in [-0.3, -0.25) is 9.13 Å². The average molecular weight is 590 g/mol. The van der Waals surface area contributed by atoms with Crippen LogP contribution in [0.25, 0.3) is 88.8 Å². The van der Waals surface area contributed by atoms with Gasteiger partial charge in [0.2, 0.25) is 11.9 Å². The zero-order valence-electron chi connectivity index (χ0n) is 35.0. The lowest BCUT2D eigenvalue weighted by atomic mass is 10.1. The van der Waals surface area contributed by atoms with Gasteiger partial charge in [0.25, 0.3) is 0 Å². The molecule has 4 heterocycles. The maximum Gasteiger partial charge on any atom is 0.240 e. The van der Waals surface area contributed by atoms with E-state index in [1.165, 1.54) is 21.3 Å². The molecule has 6 heteroatoms. The number of hydrogen-bond acceptors (Lipinski definition) is 4. The van der Waals surface area contributed by atoms with E-state index in [-0.39, 0.29) is 122 Å². The van der Waals surface area contributed by atoms with Crippen molar-refractivity contribution in [2.24, 2.45) is 0 Å². The quantitative estimate of drug-likeness (QED) is 0.206. The first-order chi connectivity index (χ1) is 27.2. The third kappa shape index (κ3) is 3.48. The molecule has 210 valence electrons. The van der Waals surface area contributed by atoms with Crippen LogP contribution in [0, 0.1) is 0 Å². The number of para-hydroxylation sites is 5. The second-order valence-corrected chi connectivity index (χ2v) is 10.4. The van der Waals surface area contributed by atoms with Gasteiger partial charge in [0.15, 0.2) is 5.82 Å². The summed E-state index contributed by atoms with van der Waals surface area (Å²) in [5, 5.41) is 1.71. The topological polar surface area (TPSA) is 61.7 Å². The highest BCUT2D eigenvalue weighted by molar-refractivity contribution is 6.10. The molecule has 0 aliphatic carbocycles. The summed E-state index contributed by atoms with van der Waals surface area (Å²) in [5.41, 5.74) is 1.68. The first-order valence-corrected chi connectivity index (χ1v) is 14.0.